The Kier molecular flexibility index (Phi) is 4.85. The van der Waals surface area contributed by atoms with Gasteiger partial charge in [-0.3, -0.25) is 0 Å². The van der Waals surface area contributed by atoms with Crippen molar-refractivity contribution in [1.82, 2.24) is 5.32 Å². The fourth-order valence-electron chi connectivity index (χ4n) is 1.58. The zero-order chi connectivity index (χ0) is 11.9. The molecule has 88 valence electrons. The second kappa shape index (κ2) is 6.64. The molecule has 0 saturated carbocycles. The summed E-state index contributed by atoms with van der Waals surface area (Å²) in [5.41, 5.74) is 1.15. The number of hydrogen-bond donors (Lipinski definition) is 1. The summed E-state index contributed by atoms with van der Waals surface area (Å²) in [6.07, 6.45) is 1.54. The second-order valence-electron chi connectivity index (χ2n) is 3.84. The zero-order valence-electron chi connectivity index (χ0n) is 9.56. The normalized spacial score (nSPS) is 10.1. The molecular formula is C14H15NOTe. The van der Waals surface area contributed by atoms with Crippen LogP contribution in [0.4, 0.5) is 0 Å². The van der Waals surface area contributed by atoms with Crippen molar-refractivity contribution in [3.63, 3.8) is 0 Å². The molecule has 1 N–H and O–H groups in total. The van der Waals surface area contributed by atoms with Gasteiger partial charge in [0.15, 0.2) is 0 Å². The Bertz CT molecular complexity index is 450. The number of rotatable bonds is 5. The van der Waals surface area contributed by atoms with E-state index in [-0.39, 0.29) is 26.3 Å². The van der Waals surface area contributed by atoms with E-state index in [0.717, 1.165) is 12.0 Å². The summed E-state index contributed by atoms with van der Waals surface area (Å²) in [5.74, 6) is 0.147. The van der Waals surface area contributed by atoms with Crippen LogP contribution in [0.15, 0.2) is 46.5 Å². The van der Waals surface area contributed by atoms with E-state index in [1.54, 1.807) is 0 Å². The Balaban J connectivity index is 1.71. The van der Waals surface area contributed by atoms with Crippen LogP contribution in [0, 0.1) is 0 Å². The van der Waals surface area contributed by atoms with Crippen molar-refractivity contribution >= 4 is 26.3 Å². The standard InChI is InChI=1S/C14H15NOTe/c16-14(9-8-13-7-4-10-17-13)15-11-12-5-2-1-3-6-12/h1-7,10H,8-9,11H2,(H,15,16). The van der Waals surface area contributed by atoms with Gasteiger partial charge in [0.05, 0.1) is 0 Å². The monoisotopic (exact) mass is 343 g/mol. The van der Waals surface area contributed by atoms with Gasteiger partial charge in [-0.15, -0.1) is 0 Å². The first-order chi connectivity index (χ1) is 8.34. The molecule has 3 heteroatoms. The number of carbonyl (C=O) groups excluding carboxylic acids is 1. The van der Waals surface area contributed by atoms with E-state index in [9.17, 15) is 4.79 Å². The number of amides is 1. The van der Waals surface area contributed by atoms with Crippen LogP contribution in [-0.2, 0) is 17.8 Å². The fraction of sp³-hybridized carbons (Fsp3) is 0.214. The molecule has 1 aromatic heterocycles. The van der Waals surface area contributed by atoms with Gasteiger partial charge < -0.3 is 0 Å². The van der Waals surface area contributed by atoms with Crippen LogP contribution in [0.2, 0.25) is 0 Å². The minimum absolute atomic E-state index is 0.0759. The van der Waals surface area contributed by atoms with Crippen molar-refractivity contribution in [2.45, 2.75) is 19.4 Å². The third-order valence-corrected chi connectivity index (χ3v) is 5.18. The fourth-order valence-corrected chi connectivity index (χ4v) is 3.60. The molecular weight excluding hydrogens is 326 g/mol. The van der Waals surface area contributed by atoms with Crippen LogP contribution in [0.25, 0.3) is 0 Å². The van der Waals surface area contributed by atoms with Gasteiger partial charge in [0.2, 0.25) is 0 Å². The van der Waals surface area contributed by atoms with Crippen LogP contribution in [0.3, 0.4) is 0 Å². The Morgan fingerprint density at radius 2 is 1.94 bits per heavy atom. The van der Waals surface area contributed by atoms with E-state index in [1.165, 1.54) is 3.58 Å². The van der Waals surface area contributed by atoms with E-state index in [0.29, 0.717) is 13.0 Å². The number of hydrogen-bond acceptors (Lipinski definition) is 1. The average molecular weight is 341 g/mol. The molecule has 2 nitrogen and oxygen atoms in total. The second-order valence-corrected chi connectivity index (χ2v) is 6.79. The molecule has 0 aliphatic carbocycles. The summed E-state index contributed by atoms with van der Waals surface area (Å²) >= 11 is -0.0759. The maximum atomic E-state index is 11.6. The van der Waals surface area contributed by atoms with E-state index in [1.807, 2.05) is 30.3 Å². The van der Waals surface area contributed by atoms with Gasteiger partial charge >= 0.3 is 112 Å². The quantitative estimate of drug-likeness (QED) is 0.829. The third kappa shape index (κ3) is 4.38. The molecule has 2 aromatic rings. The number of benzene rings is 1. The number of nitrogens with one attached hydrogen (secondary N) is 1. The minimum atomic E-state index is -0.0759. The SMILES string of the molecule is O=C(CCc1ccc[te]1)NCc1ccccc1. The molecule has 0 radical (unpaired) electrons. The van der Waals surface area contributed by atoms with Crippen molar-refractivity contribution in [2.75, 3.05) is 0 Å². The van der Waals surface area contributed by atoms with Crippen molar-refractivity contribution in [2.24, 2.45) is 0 Å². The molecule has 1 amide bonds. The first-order valence-corrected chi connectivity index (χ1v) is 8.18. The molecule has 1 aromatic carbocycles. The van der Waals surface area contributed by atoms with Crippen molar-refractivity contribution in [1.29, 1.82) is 0 Å². The van der Waals surface area contributed by atoms with Crippen molar-refractivity contribution < 1.29 is 4.79 Å². The number of aryl methyl sites for hydroxylation is 1. The van der Waals surface area contributed by atoms with Crippen LogP contribution in [0.5, 0.6) is 0 Å². The number of carbonyl (C=O) groups is 1. The van der Waals surface area contributed by atoms with Gasteiger partial charge in [0.1, 0.15) is 0 Å². The Morgan fingerprint density at radius 3 is 2.65 bits per heavy atom. The van der Waals surface area contributed by atoms with E-state index in [4.69, 9.17) is 0 Å². The van der Waals surface area contributed by atoms with Gasteiger partial charge in [-0.05, 0) is 0 Å². The van der Waals surface area contributed by atoms with E-state index in [2.05, 4.69) is 21.5 Å². The van der Waals surface area contributed by atoms with Gasteiger partial charge in [0, 0.05) is 0 Å². The Morgan fingerprint density at radius 1 is 1.12 bits per heavy atom. The van der Waals surface area contributed by atoms with Crippen LogP contribution in [0.1, 0.15) is 15.6 Å². The molecule has 0 spiro atoms. The van der Waals surface area contributed by atoms with Crippen LogP contribution in [-0.4, -0.2) is 26.3 Å². The van der Waals surface area contributed by atoms with Crippen LogP contribution < -0.4 is 5.32 Å². The summed E-state index contributed by atoms with van der Waals surface area (Å²) in [5, 5.41) is 2.95. The molecule has 17 heavy (non-hydrogen) atoms. The molecule has 0 saturated heterocycles. The van der Waals surface area contributed by atoms with Gasteiger partial charge in [-0.25, -0.2) is 0 Å². The van der Waals surface area contributed by atoms with Gasteiger partial charge in [-0.2, -0.15) is 0 Å². The summed E-state index contributed by atoms with van der Waals surface area (Å²) in [7, 11) is 0. The molecule has 0 fully saturated rings. The summed E-state index contributed by atoms with van der Waals surface area (Å²) in [6.45, 7) is 0.633. The molecule has 0 aliphatic rings. The molecule has 2 rings (SSSR count). The summed E-state index contributed by atoms with van der Waals surface area (Å²) < 4.78 is 3.73. The van der Waals surface area contributed by atoms with Gasteiger partial charge in [0.25, 0.3) is 0 Å². The van der Waals surface area contributed by atoms with Crippen molar-refractivity contribution in [3.05, 3.63) is 55.7 Å². The van der Waals surface area contributed by atoms with Crippen molar-refractivity contribution in [3.8, 4) is 0 Å². The topological polar surface area (TPSA) is 29.1 Å². The molecule has 0 bridgehead atoms. The van der Waals surface area contributed by atoms with Gasteiger partial charge in [-0.1, -0.05) is 0 Å². The zero-order valence-corrected chi connectivity index (χ0v) is 11.9. The molecule has 1 heterocycles. The third-order valence-electron chi connectivity index (χ3n) is 2.51. The Labute approximate surface area is 111 Å². The van der Waals surface area contributed by atoms with E-state index >= 15 is 0 Å². The van der Waals surface area contributed by atoms with E-state index < -0.39 is 0 Å². The summed E-state index contributed by atoms with van der Waals surface area (Å²) in [6, 6.07) is 14.3. The molecule has 0 unspecified atom stereocenters. The average Bonchev–Trinajstić information content (AvgIpc) is 2.88. The van der Waals surface area contributed by atoms with Crippen LogP contribution >= 0.6 is 0 Å². The first-order valence-electron chi connectivity index (χ1n) is 5.67. The molecule has 0 atom stereocenters. The summed E-state index contributed by atoms with van der Waals surface area (Å²) in [4.78, 5) is 11.6. The maximum absolute atomic E-state index is 11.6. The Hall–Kier alpha value is -1.04. The predicted molar refractivity (Wildman–Crippen MR) is 70.0 cm³/mol. The first kappa shape index (κ1) is 12.4. The molecule has 0 aliphatic heterocycles. The predicted octanol–water partition coefficient (Wildman–Crippen LogP) is 1.99.